The Labute approximate surface area is 177 Å². The minimum atomic E-state index is 0. The number of nitrogens with one attached hydrogen (secondary N) is 2. The molecule has 1 aromatic carbocycles. The summed E-state index contributed by atoms with van der Waals surface area (Å²) >= 11 is 0. The molecule has 0 spiro atoms. The van der Waals surface area contributed by atoms with Crippen molar-refractivity contribution in [1.29, 1.82) is 0 Å². The number of nitrogens with zero attached hydrogens (tertiary/aromatic N) is 3. The average molecular weight is 489 g/mol. The zero-order valence-corrected chi connectivity index (χ0v) is 18.7. The molecule has 0 aliphatic carbocycles. The second-order valence-corrected chi connectivity index (χ2v) is 5.91. The number of benzene rings is 1. The summed E-state index contributed by atoms with van der Waals surface area (Å²) in [5, 5.41) is 10.4. The van der Waals surface area contributed by atoms with Gasteiger partial charge in [-0.25, -0.2) is 0 Å². The molecule has 0 atom stereocenters. The Morgan fingerprint density at radius 1 is 1.22 bits per heavy atom. The summed E-state index contributed by atoms with van der Waals surface area (Å²) in [5.74, 6) is 3.57. The minimum absolute atomic E-state index is 0. The first-order valence-electron chi connectivity index (χ1n) is 8.67. The fraction of sp³-hybridized carbons (Fsp3) is 0.500. The Morgan fingerprint density at radius 3 is 2.56 bits per heavy atom. The van der Waals surface area contributed by atoms with Gasteiger partial charge in [-0.15, -0.1) is 24.0 Å². The molecule has 2 rings (SSSR count). The number of rotatable bonds is 8. The standard InChI is InChI=1S/C18H27N5O3.HI/c1-6-19-18(20-10-9-16-22-17(12(2)3)23-26-16)21-13-7-8-14(24-4)15(11-13)25-5;/h7-8,11-12H,6,9-10H2,1-5H3,(H2,19,20,21);1H. The molecule has 1 heterocycles. The smallest absolute Gasteiger partial charge is 0.228 e. The molecule has 2 N–H and O–H groups in total. The Kier molecular flexibility index (Phi) is 9.90. The van der Waals surface area contributed by atoms with E-state index in [4.69, 9.17) is 14.0 Å². The molecule has 9 heteroatoms. The van der Waals surface area contributed by atoms with E-state index in [1.807, 2.05) is 39.0 Å². The van der Waals surface area contributed by atoms with Gasteiger partial charge < -0.3 is 24.6 Å². The third-order valence-corrected chi connectivity index (χ3v) is 3.59. The number of anilines is 1. The lowest BCUT2D eigenvalue weighted by Gasteiger charge is -2.13. The normalized spacial score (nSPS) is 11.1. The number of aliphatic imine (C=N–C) groups is 1. The second-order valence-electron chi connectivity index (χ2n) is 5.91. The van der Waals surface area contributed by atoms with Crippen LogP contribution in [0.15, 0.2) is 27.7 Å². The van der Waals surface area contributed by atoms with Gasteiger partial charge >= 0.3 is 0 Å². The summed E-state index contributed by atoms with van der Waals surface area (Å²) in [6.07, 6.45) is 0.586. The van der Waals surface area contributed by atoms with E-state index < -0.39 is 0 Å². The average Bonchev–Trinajstić information content (AvgIpc) is 3.11. The molecular formula is C18H28IN5O3. The van der Waals surface area contributed by atoms with Crippen LogP contribution in [0.4, 0.5) is 5.69 Å². The highest BCUT2D eigenvalue weighted by Gasteiger charge is 2.10. The number of hydrogen-bond donors (Lipinski definition) is 2. The minimum Gasteiger partial charge on any atom is -0.493 e. The van der Waals surface area contributed by atoms with Crippen molar-refractivity contribution in [2.45, 2.75) is 33.1 Å². The van der Waals surface area contributed by atoms with Crippen LogP contribution in [0.5, 0.6) is 11.5 Å². The number of hydrogen-bond acceptors (Lipinski definition) is 6. The molecule has 150 valence electrons. The first-order chi connectivity index (χ1) is 12.6. The molecule has 8 nitrogen and oxygen atoms in total. The SMILES string of the molecule is CCNC(=NCCc1nc(C(C)C)no1)Nc1ccc(OC)c(OC)c1.I. The van der Waals surface area contributed by atoms with Gasteiger partial charge in [0, 0.05) is 30.6 Å². The predicted octanol–water partition coefficient (Wildman–Crippen LogP) is 3.45. The highest BCUT2D eigenvalue weighted by Crippen LogP contribution is 2.29. The molecule has 0 radical (unpaired) electrons. The van der Waals surface area contributed by atoms with Crippen LogP contribution in [0.1, 0.15) is 38.4 Å². The largest absolute Gasteiger partial charge is 0.493 e. The molecule has 0 saturated heterocycles. The van der Waals surface area contributed by atoms with Gasteiger partial charge in [0.2, 0.25) is 5.89 Å². The van der Waals surface area contributed by atoms with Crippen LogP contribution in [0.2, 0.25) is 0 Å². The van der Waals surface area contributed by atoms with Crippen molar-refractivity contribution >= 4 is 35.6 Å². The van der Waals surface area contributed by atoms with Gasteiger partial charge in [0.1, 0.15) is 0 Å². The van der Waals surface area contributed by atoms with Crippen LogP contribution < -0.4 is 20.1 Å². The van der Waals surface area contributed by atoms with Crippen LogP contribution >= 0.6 is 24.0 Å². The van der Waals surface area contributed by atoms with Crippen molar-refractivity contribution in [2.75, 3.05) is 32.6 Å². The van der Waals surface area contributed by atoms with Crippen LogP contribution in [-0.4, -0.2) is 43.4 Å². The van der Waals surface area contributed by atoms with Crippen molar-refractivity contribution in [2.24, 2.45) is 4.99 Å². The highest BCUT2D eigenvalue weighted by molar-refractivity contribution is 14.0. The summed E-state index contributed by atoms with van der Waals surface area (Å²) < 4.78 is 15.8. The van der Waals surface area contributed by atoms with Crippen LogP contribution in [0.25, 0.3) is 0 Å². The third kappa shape index (κ3) is 6.89. The lowest BCUT2D eigenvalue weighted by Crippen LogP contribution is -2.30. The van der Waals surface area contributed by atoms with Crippen molar-refractivity contribution < 1.29 is 14.0 Å². The Hall–Kier alpha value is -2.04. The topological polar surface area (TPSA) is 93.8 Å². The van der Waals surface area contributed by atoms with E-state index in [1.54, 1.807) is 14.2 Å². The summed E-state index contributed by atoms with van der Waals surface area (Å²) in [5.41, 5.74) is 0.849. The fourth-order valence-corrected chi connectivity index (χ4v) is 2.23. The molecular weight excluding hydrogens is 461 g/mol. The molecule has 0 bridgehead atoms. The van der Waals surface area contributed by atoms with E-state index in [2.05, 4.69) is 25.8 Å². The van der Waals surface area contributed by atoms with Gasteiger partial charge in [0.25, 0.3) is 0 Å². The van der Waals surface area contributed by atoms with E-state index >= 15 is 0 Å². The van der Waals surface area contributed by atoms with Gasteiger partial charge in [-0.3, -0.25) is 4.99 Å². The quantitative estimate of drug-likeness (QED) is 0.333. The van der Waals surface area contributed by atoms with Gasteiger partial charge in [0.15, 0.2) is 23.3 Å². The number of halogens is 1. The number of guanidine groups is 1. The van der Waals surface area contributed by atoms with Crippen LogP contribution in [0.3, 0.4) is 0 Å². The molecule has 0 amide bonds. The lowest BCUT2D eigenvalue weighted by molar-refractivity contribution is 0.355. The summed E-state index contributed by atoms with van der Waals surface area (Å²) in [7, 11) is 3.22. The Morgan fingerprint density at radius 2 is 1.96 bits per heavy atom. The van der Waals surface area contributed by atoms with Crippen LogP contribution in [0, 0.1) is 0 Å². The maximum atomic E-state index is 5.33. The van der Waals surface area contributed by atoms with Gasteiger partial charge in [-0.2, -0.15) is 4.98 Å². The van der Waals surface area contributed by atoms with Crippen LogP contribution in [-0.2, 0) is 6.42 Å². The fourth-order valence-electron chi connectivity index (χ4n) is 2.23. The number of methoxy groups -OCH3 is 2. The summed E-state index contributed by atoms with van der Waals surface area (Å²) in [6.45, 7) is 7.35. The van der Waals surface area contributed by atoms with Crippen molar-refractivity contribution in [3.8, 4) is 11.5 Å². The zero-order valence-electron chi connectivity index (χ0n) is 16.4. The monoisotopic (exact) mass is 489 g/mol. The zero-order chi connectivity index (χ0) is 18.9. The number of ether oxygens (including phenoxy) is 2. The van der Waals surface area contributed by atoms with Gasteiger partial charge in [0.05, 0.1) is 20.8 Å². The second kappa shape index (κ2) is 11.6. The first kappa shape index (κ1) is 23.0. The molecule has 27 heavy (non-hydrogen) atoms. The Balaban J connectivity index is 0.00000364. The summed E-state index contributed by atoms with van der Waals surface area (Å²) in [4.78, 5) is 8.91. The maximum Gasteiger partial charge on any atom is 0.228 e. The Bertz CT molecular complexity index is 734. The maximum absolute atomic E-state index is 5.33. The van der Waals surface area contributed by atoms with E-state index in [1.165, 1.54) is 0 Å². The first-order valence-corrected chi connectivity index (χ1v) is 8.67. The highest BCUT2D eigenvalue weighted by atomic mass is 127. The van der Waals surface area contributed by atoms with E-state index in [9.17, 15) is 0 Å². The molecule has 0 unspecified atom stereocenters. The molecule has 2 aromatic rings. The van der Waals surface area contributed by atoms with E-state index in [-0.39, 0.29) is 29.9 Å². The molecule has 1 aromatic heterocycles. The van der Waals surface area contributed by atoms with E-state index in [0.717, 1.165) is 18.1 Å². The molecule has 0 aliphatic rings. The molecule has 0 fully saturated rings. The third-order valence-electron chi connectivity index (χ3n) is 3.59. The van der Waals surface area contributed by atoms with Crippen molar-refractivity contribution in [3.63, 3.8) is 0 Å². The van der Waals surface area contributed by atoms with Gasteiger partial charge in [-0.05, 0) is 19.1 Å². The molecule has 0 saturated carbocycles. The predicted molar refractivity (Wildman–Crippen MR) is 117 cm³/mol. The summed E-state index contributed by atoms with van der Waals surface area (Å²) in [6, 6.07) is 5.61. The van der Waals surface area contributed by atoms with Gasteiger partial charge in [-0.1, -0.05) is 19.0 Å². The van der Waals surface area contributed by atoms with Crippen molar-refractivity contribution in [3.05, 3.63) is 29.9 Å². The van der Waals surface area contributed by atoms with Crippen molar-refractivity contribution in [1.82, 2.24) is 15.5 Å². The molecule has 0 aliphatic heterocycles. The lowest BCUT2D eigenvalue weighted by atomic mass is 10.2. The number of aromatic nitrogens is 2. The van der Waals surface area contributed by atoms with E-state index in [0.29, 0.717) is 36.3 Å².